The number of carbonyl (C=O) groups is 2. The molecule has 2 aliphatic rings. The first-order valence-electron chi connectivity index (χ1n) is 10.1. The Morgan fingerprint density at radius 2 is 1.90 bits per heavy atom. The predicted molar refractivity (Wildman–Crippen MR) is 114 cm³/mol. The molecule has 0 bridgehead atoms. The average molecular weight is 406 g/mol. The molecule has 6 nitrogen and oxygen atoms in total. The number of methoxy groups -OCH3 is 1. The van der Waals surface area contributed by atoms with Crippen molar-refractivity contribution >= 4 is 18.0 Å². The van der Waals surface area contributed by atoms with Crippen molar-refractivity contribution in [1.82, 2.24) is 9.80 Å². The first-order valence-corrected chi connectivity index (χ1v) is 10.1. The van der Waals surface area contributed by atoms with Crippen LogP contribution in [0.25, 0.3) is 6.08 Å². The van der Waals surface area contributed by atoms with Crippen LogP contribution < -0.4 is 4.74 Å². The number of piperidine rings is 1. The van der Waals surface area contributed by atoms with E-state index in [1.165, 1.54) is 13.2 Å². The zero-order valence-electron chi connectivity index (χ0n) is 17.3. The number of nitrogens with zero attached hydrogens (tertiary/aromatic N) is 2. The van der Waals surface area contributed by atoms with Crippen LogP contribution in [0.3, 0.4) is 0 Å². The highest BCUT2D eigenvalue weighted by Crippen LogP contribution is 2.40. The third-order valence-corrected chi connectivity index (χ3v) is 5.84. The molecule has 1 spiro atoms. The van der Waals surface area contributed by atoms with E-state index in [0.717, 1.165) is 37.1 Å². The van der Waals surface area contributed by atoms with Crippen LogP contribution in [0.15, 0.2) is 54.6 Å². The van der Waals surface area contributed by atoms with Gasteiger partial charge >= 0.3 is 5.97 Å². The molecule has 0 radical (unpaired) electrons. The summed E-state index contributed by atoms with van der Waals surface area (Å²) in [7, 11) is 3.42. The summed E-state index contributed by atoms with van der Waals surface area (Å²) in [5.41, 5.74) is 1.69. The minimum Gasteiger partial charge on any atom is -0.467 e. The lowest BCUT2D eigenvalue weighted by Crippen LogP contribution is -2.62. The fraction of sp³-hybridized carbons (Fsp3) is 0.333. The predicted octanol–water partition coefficient (Wildman–Crippen LogP) is 3.33. The van der Waals surface area contributed by atoms with E-state index in [0.29, 0.717) is 17.9 Å². The topological polar surface area (TPSA) is 59.1 Å². The molecule has 0 N–H and O–H groups in total. The Hall–Kier alpha value is -3.12. The van der Waals surface area contributed by atoms with Gasteiger partial charge < -0.3 is 14.4 Å². The number of esters is 1. The maximum absolute atomic E-state index is 13.6. The fourth-order valence-electron chi connectivity index (χ4n) is 4.05. The van der Waals surface area contributed by atoms with Crippen molar-refractivity contribution in [1.29, 1.82) is 0 Å². The SMILES string of the molecule is COC(=O)/C=C/c1ccc2c(c1)C(=O)N(Cc1ccccc1)C1(CCN(C)CC1)O2. The van der Waals surface area contributed by atoms with Gasteiger partial charge in [0.1, 0.15) is 5.75 Å². The zero-order chi connectivity index (χ0) is 21.1. The molecule has 156 valence electrons. The quantitative estimate of drug-likeness (QED) is 0.576. The zero-order valence-corrected chi connectivity index (χ0v) is 17.3. The Morgan fingerprint density at radius 3 is 2.60 bits per heavy atom. The monoisotopic (exact) mass is 406 g/mol. The van der Waals surface area contributed by atoms with Gasteiger partial charge in [-0.1, -0.05) is 36.4 Å². The standard InChI is InChI=1S/C24H26N2O4/c1-25-14-12-24(13-15-25)26(17-19-6-4-3-5-7-19)23(28)20-16-18(8-10-21(20)30-24)9-11-22(27)29-2/h3-11,16H,12-15,17H2,1-2H3/b11-9+. The van der Waals surface area contributed by atoms with Gasteiger partial charge in [-0.2, -0.15) is 0 Å². The molecule has 0 atom stereocenters. The van der Waals surface area contributed by atoms with Gasteiger partial charge in [0.15, 0.2) is 5.72 Å². The largest absolute Gasteiger partial charge is 0.467 e. The Labute approximate surface area is 176 Å². The number of hydrogen-bond acceptors (Lipinski definition) is 5. The maximum atomic E-state index is 13.6. The summed E-state index contributed by atoms with van der Waals surface area (Å²) in [6.07, 6.45) is 4.49. The molecule has 2 aliphatic heterocycles. The van der Waals surface area contributed by atoms with Gasteiger partial charge in [0.05, 0.1) is 12.7 Å². The van der Waals surface area contributed by atoms with Crippen molar-refractivity contribution in [3.63, 3.8) is 0 Å². The number of ether oxygens (including phenoxy) is 2. The van der Waals surface area contributed by atoms with Gasteiger partial charge in [-0.05, 0) is 36.4 Å². The fourth-order valence-corrected chi connectivity index (χ4v) is 4.05. The molecule has 1 amide bonds. The third-order valence-electron chi connectivity index (χ3n) is 5.84. The number of amides is 1. The number of hydrogen-bond donors (Lipinski definition) is 0. The molecule has 4 rings (SSSR count). The molecule has 0 saturated carbocycles. The van der Waals surface area contributed by atoms with E-state index in [1.807, 2.05) is 47.4 Å². The van der Waals surface area contributed by atoms with E-state index < -0.39 is 11.7 Å². The summed E-state index contributed by atoms with van der Waals surface area (Å²) in [5.74, 6) is 0.119. The molecule has 30 heavy (non-hydrogen) atoms. The summed E-state index contributed by atoms with van der Waals surface area (Å²) in [6.45, 7) is 2.23. The molecule has 1 saturated heterocycles. The summed E-state index contributed by atoms with van der Waals surface area (Å²) in [4.78, 5) is 29.2. The van der Waals surface area contributed by atoms with E-state index in [4.69, 9.17) is 4.74 Å². The second-order valence-electron chi connectivity index (χ2n) is 7.84. The summed E-state index contributed by atoms with van der Waals surface area (Å²) in [6, 6.07) is 15.4. The van der Waals surface area contributed by atoms with Gasteiger partial charge in [0.2, 0.25) is 0 Å². The molecule has 6 heteroatoms. The molecular formula is C24H26N2O4. The van der Waals surface area contributed by atoms with Crippen LogP contribution >= 0.6 is 0 Å². The highest BCUT2D eigenvalue weighted by atomic mass is 16.5. The smallest absolute Gasteiger partial charge is 0.330 e. The molecule has 1 fully saturated rings. The van der Waals surface area contributed by atoms with Crippen LogP contribution in [0.2, 0.25) is 0 Å². The number of carbonyl (C=O) groups excluding carboxylic acids is 2. The van der Waals surface area contributed by atoms with Crippen LogP contribution in [-0.4, -0.2) is 54.6 Å². The molecule has 2 aromatic carbocycles. The van der Waals surface area contributed by atoms with E-state index in [9.17, 15) is 9.59 Å². The summed E-state index contributed by atoms with van der Waals surface area (Å²) in [5, 5.41) is 0. The number of likely N-dealkylation sites (tertiary alicyclic amines) is 1. The minimum absolute atomic E-state index is 0.0435. The molecule has 0 unspecified atom stereocenters. The number of rotatable bonds is 4. The second kappa shape index (κ2) is 8.32. The average Bonchev–Trinajstić information content (AvgIpc) is 2.78. The van der Waals surface area contributed by atoms with Gasteiger partial charge in [-0.3, -0.25) is 9.69 Å². The van der Waals surface area contributed by atoms with Gasteiger partial charge in [-0.25, -0.2) is 4.79 Å². The Balaban J connectivity index is 1.70. The lowest BCUT2D eigenvalue weighted by atomic mass is 9.93. The highest BCUT2D eigenvalue weighted by molar-refractivity contribution is 5.99. The van der Waals surface area contributed by atoms with E-state index in [2.05, 4.69) is 16.7 Å². The van der Waals surface area contributed by atoms with Crippen molar-refractivity contribution < 1.29 is 19.1 Å². The van der Waals surface area contributed by atoms with Crippen LogP contribution in [0.1, 0.15) is 34.3 Å². The molecule has 0 aromatic heterocycles. The molecule has 0 aliphatic carbocycles. The van der Waals surface area contributed by atoms with Gasteiger partial charge in [0, 0.05) is 38.6 Å². The Morgan fingerprint density at radius 1 is 1.17 bits per heavy atom. The first-order chi connectivity index (χ1) is 14.5. The van der Waals surface area contributed by atoms with Crippen molar-refractivity contribution in [3.05, 3.63) is 71.3 Å². The lowest BCUT2D eigenvalue weighted by molar-refractivity contribution is -0.134. The summed E-state index contributed by atoms with van der Waals surface area (Å²) < 4.78 is 11.2. The number of benzene rings is 2. The first kappa shape index (κ1) is 20.2. The van der Waals surface area contributed by atoms with Crippen LogP contribution in [0.5, 0.6) is 5.75 Å². The van der Waals surface area contributed by atoms with Gasteiger partial charge in [-0.15, -0.1) is 0 Å². The normalized spacial score (nSPS) is 18.3. The highest BCUT2D eigenvalue weighted by Gasteiger charge is 2.48. The van der Waals surface area contributed by atoms with E-state index in [-0.39, 0.29) is 5.91 Å². The van der Waals surface area contributed by atoms with Crippen LogP contribution in [-0.2, 0) is 16.1 Å². The van der Waals surface area contributed by atoms with Gasteiger partial charge in [0.25, 0.3) is 5.91 Å². The van der Waals surface area contributed by atoms with E-state index >= 15 is 0 Å². The summed E-state index contributed by atoms with van der Waals surface area (Å²) >= 11 is 0. The van der Waals surface area contributed by atoms with Crippen molar-refractivity contribution in [2.24, 2.45) is 0 Å². The third kappa shape index (κ3) is 3.96. The van der Waals surface area contributed by atoms with Crippen molar-refractivity contribution in [3.8, 4) is 5.75 Å². The maximum Gasteiger partial charge on any atom is 0.330 e. The molecule has 2 aromatic rings. The molecular weight excluding hydrogens is 380 g/mol. The molecule has 2 heterocycles. The van der Waals surface area contributed by atoms with Crippen molar-refractivity contribution in [2.45, 2.75) is 25.1 Å². The van der Waals surface area contributed by atoms with Crippen molar-refractivity contribution in [2.75, 3.05) is 27.2 Å². The lowest BCUT2D eigenvalue weighted by Gasteiger charge is -2.50. The van der Waals surface area contributed by atoms with E-state index in [1.54, 1.807) is 12.1 Å². The Bertz CT molecular complexity index is 962. The van der Waals surface area contributed by atoms with Crippen LogP contribution in [0.4, 0.5) is 0 Å². The van der Waals surface area contributed by atoms with Crippen LogP contribution in [0, 0.1) is 0 Å². The Kier molecular flexibility index (Phi) is 5.59. The number of fused-ring (bicyclic) bond motifs is 1. The minimum atomic E-state index is -0.643. The second-order valence-corrected chi connectivity index (χ2v) is 7.84.